The number of rotatable bonds is 6. The van der Waals surface area contributed by atoms with Crippen molar-refractivity contribution in [2.24, 2.45) is 5.92 Å². The molecule has 1 aromatic rings. The second-order valence-corrected chi connectivity index (χ2v) is 8.50. The number of carbonyl (C=O) groups is 3. The van der Waals surface area contributed by atoms with Gasteiger partial charge in [-0.3, -0.25) is 14.5 Å². The maximum atomic E-state index is 12.5. The minimum Gasteiger partial charge on any atom is -0.478 e. The monoisotopic (exact) mass is 414 g/mol. The predicted molar refractivity (Wildman–Crippen MR) is 114 cm³/mol. The lowest BCUT2D eigenvalue weighted by Gasteiger charge is -2.37. The van der Waals surface area contributed by atoms with Gasteiger partial charge in [-0.05, 0) is 50.3 Å². The molecule has 0 bridgehead atoms. The number of hydrogen-bond donors (Lipinski definition) is 2. The van der Waals surface area contributed by atoms with Gasteiger partial charge < -0.3 is 20.2 Å². The van der Waals surface area contributed by atoms with Crippen molar-refractivity contribution in [3.05, 3.63) is 23.8 Å². The maximum Gasteiger partial charge on any atom is 0.337 e. The molecule has 0 aromatic heterocycles. The molecule has 2 N–H and O–H groups in total. The normalized spacial score (nSPS) is 20.1. The van der Waals surface area contributed by atoms with Gasteiger partial charge in [0.1, 0.15) is 0 Å². The standard InChI is InChI=1S/C22H30N4O4/c27-20(26-8-2-1-3-9-26)15-24-10-12-25(13-11-24)17-6-7-19(18(14-17)22(29)30)23-21(28)16-4-5-16/h6-7,14,16H,1-5,8-13,15H2,(H,23,28)(H,29,30). The molecular formula is C22H30N4O4. The second kappa shape index (κ2) is 9.04. The van der Waals surface area contributed by atoms with Crippen LogP contribution in [0.4, 0.5) is 11.4 Å². The van der Waals surface area contributed by atoms with Crippen LogP contribution >= 0.6 is 0 Å². The van der Waals surface area contributed by atoms with Gasteiger partial charge in [-0.25, -0.2) is 4.79 Å². The van der Waals surface area contributed by atoms with E-state index in [-0.39, 0.29) is 23.3 Å². The number of piperidine rings is 1. The molecule has 8 heteroatoms. The molecule has 2 heterocycles. The fraction of sp³-hybridized carbons (Fsp3) is 0.591. The van der Waals surface area contributed by atoms with E-state index in [9.17, 15) is 19.5 Å². The molecule has 0 atom stereocenters. The Morgan fingerprint density at radius 3 is 2.30 bits per heavy atom. The highest BCUT2D eigenvalue weighted by molar-refractivity contribution is 6.02. The zero-order valence-corrected chi connectivity index (χ0v) is 17.3. The summed E-state index contributed by atoms with van der Waals surface area (Å²) in [4.78, 5) is 42.5. The van der Waals surface area contributed by atoms with Gasteiger partial charge in [0, 0.05) is 50.9 Å². The van der Waals surface area contributed by atoms with E-state index in [0.717, 1.165) is 70.6 Å². The predicted octanol–water partition coefficient (Wildman–Crippen LogP) is 1.87. The molecule has 1 aliphatic carbocycles. The zero-order chi connectivity index (χ0) is 21.1. The van der Waals surface area contributed by atoms with Crippen molar-refractivity contribution in [2.45, 2.75) is 32.1 Å². The van der Waals surface area contributed by atoms with Gasteiger partial charge in [-0.2, -0.15) is 0 Å². The first kappa shape index (κ1) is 20.7. The molecule has 0 radical (unpaired) electrons. The molecule has 2 saturated heterocycles. The molecule has 3 aliphatic rings. The molecule has 30 heavy (non-hydrogen) atoms. The van der Waals surface area contributed by atoms with Crippen molar-refractivity contribution in [1.82, 2.24) is 9.80 Å². The Bertz CT molecular complexity index is 809. The molecule has 2 aliphatic heterocycles. The van der Waals surface area contributed by atoms with Crippen molar-refractivity contribution >= 4 is 29.2 Å². The van der Waals surface area contributed by atoms with Gasteiger partial charge in [-0.15, -0.1) is 0 Å². The summed E-state index contributed by atoms with van der Waals surface area (Å²) in [6.45, 7) is 5.21. The molecular weight excluding hydrogens is 384 g/mol. The average Bonchev–Trinajstić information content (AvgIpc) is 3.61. The van der Waals surface area contributed by atoms with E-state index in [4.69, 9.17) is 0 Å². The quantitative estimate of drug-likeness (QED) is 0.738. The summed E-state index contributed by atoms with van der Waals surface area (Å²) in [6, 6.07) is 5.19. The number of likely N-dealkylation sites (tertiary alicyclic amines) is 1. The molecule has 0 unspecified atom stereocenters. The lowest BCUT2D eigenvalue weighted by molar-refractivity contribution is -0.133. The van der Waals surface area contributed by atoms with E-state index in [0.29, 0.717) is 12.2 Å². The molecule has 1 aromatic carbocycles. The number of anilines is 2. The van der Waals surface area contributed by atoms with Gasteiger partial charge >= 0.3 is 5.97 Å². The van der Waals surface area contributed by atoms with Crippen LogP contribution in [0.2, 0.25) is 0 Å². The number of hydrogen-bond acceptors (Lipinski definition) is 5. The van der Waals surface area contributed by atoms with E-state index in [1.807, 2.05) is 11.0 Å². The van der Waals surface area contributed by atoms with Crippen molar-refractivity contribution in [1.29, 1.82) is 0 Å². The van der Waals surface area contributed by atoms with E-state index >= 15 is 0 Å². The Morgan fingerprint density at radius 1 is 0.967 bits per heavy atom. The SMILES string of the molecule is O=C(O)c1cc(N2CCN(CC(=O)N3CCCCC3)CC2)ccc1NC(=O)C1CC1. The number of carboxylic acids is 1. The van der Waals surface area contributed by atoms with Crippen LogP contribution in [-0.4, -0.2) is 78.5 Å². The first-order chi connectivity index (χ1) is 14.5. The van der Waals surface area contributed by atoms with E-state index in [1.165, 1.54) is 6.42 Å². The topological polar surface area (TPSA) is 93.2 Å². The highest BCUT2D eigenvalue weighted by Gasteiger charge is 2.30. The summed E-state index contributed by atoms with van der Waals surface area (Å²) in [5.74, 6) is -0.912. The summed E-state index contributed by atoms with van der Waals surface area (Å²) in [7, 11) is 0. The highest BCUT2D eigenvalue weighted by Crippen LogP contribution is 2.31. The molecule has 162 valence electrons. The van der Waals surface area contributed by atoms with Crippen LogP contribution in [0, 0.1) is 5.92 Å². The van der Waals surface area contributed by atoms with Crippen LogP contribution in [-0.2, 0) is 9.59 Å². The van der Waals surface area contributed by atoms with Gasteiger partial charge in [0.25, 0.3) is 0 Å². The number of piperazine rings is 1. The third-order valence-corrected chi connectivity index (χ3v) is 6.24. The molecule has 4 rings (SSSR count). The largest absolute Gasteiger partial charge is 0.478 e. The van der Waals surface area contributed by atoms with Crippen molar-refractivity contribution in [3.8, 4) is 0 Å². The van der Waals surface area contributed by atoms with Crippen LogP contribution in [0.15, 0.2) is 18.2 Å². The number of carbonyl (C=O) groups excluding carboxylic acids is 2. The Balaban J connectivity index is 1.34. The highest BCUT2D eigenvalue weighted by atomic mass is 16.4. The Morgan fingerprint density at radius 2 is 1.67 bits per heavy atom. The van der Waals surface area contributed by atoms with Crippen LogP contribution in [0.1, 0.15) is 42.5 Å². The first-order valence-corrected chi connectivity index (χ1v) is 10.9. The summed E-state index contributed by atoms with van der Waals surface area (Å²) in [6.07, 6.45) is 5.16. The average molecular weight is 415 g/mol. The van der Waals surface area contributed by atoms with Crippen molar-refractivity contribution in [2.75, 3.05) is 56.0 Å². The van der Waals surface area contributed by atoms with Crippen LogP contribution in [0.25, 0.3) is 0 Å². The summed E-state index contributed by atoms with van der Waals surface area (Å²) < 4.78 is 0. The Labute approximate surface area is 176 Å². The van der Waals surface area contributed by atoms with Crippen LogP contribution in [0.5, 0.6) is 0 Å². The number of amides is 2. The number of aromatic carboxylic acids is 1. The van der Waals surface area contributed by atoms with E-state index in [1.54, 1.807) is 12.1 Å². The van der Waals surface area contributed by atoms with E-state index < -0.39 is 5.97 Å². The number of nitrogens with one attached hydrogen (secondary N) is 1. The Hall–Kier alpha value is -2.61. The number of benzene rings is 1. The second-order valence-electron chi connectivity index (χ2n) is 8.50. The molecule has 1 saturated carbocycles. The maximum absolute atomic E-state index is 12.5. The zero-order valence-electron chi connectivity index (χ0n) is 17.3. The van der Waals surface area contributed by atoms with Crippen LogP contribution in [0.3, 0.4) is 0 Å². The van der Waals surface area contributed by atoms with Gasteiger partial charge in [0.2, 0.25) is 11.8 Å². The molecule has 8 nitrogen and oxygen atoms in total. The Kier molecular flexibility index (Phi) is 6.22. The first-order valence-electron chi connectivity index (χ1n) is 10.9. The fourth-order valence-electron chi connectivity index (χ4n) is 4.19. The summed E-state index contributed by atoms with van der Waals surface area (Å²) in [5, 5.41) is 12.4. The molecule has 3 fully saturated rings. The van der Waals surface area contributed by atoms with Crippen molar-refractivity contribution in [3.63, 3.8) is 0 Å². The molecule has 0 spiro atoms. The number of carboxylic acid groups (broad SMARTS) is 1. The summed E-state index contributed by atoms with van der Waals surface area (Å²) >= 11 is 0. The lowest BCUT2D eigenvalue weighted by Crippen LogP contribution is -2.50. The fourth-order valence-corrected chi connectivity index (χ4v) is 4.19. The van der Waals surface area contributed by atoms with Crippen molar-refractivity contribution < 1.29 is 19.5 Å². The van der Waals surface area contributed by atoms with Gasteiger partial charge in [0.05, 0.1) is 17.8 Å². The van der Waals surface area contributed by atoms with Gasteiger partial charge in [0.15, 0.2) is 0 Å². The number of nitrogens with zero attached hydrogens (tertiary/aromatic N) is 3. The minimum absolute atomic E-state index is 0.0204. The minimum atomic E-state index is -1.05. The lowest BCUT2D eigenvalue weighted by atomic mass is 10.1. The smallest absolute Gasteiger partial charge is 0.337 e. The summed E-state index contributed by atoms with van der Waals surface area (Å²) in [5.41, 5.74) is 1.30. The molecule has 2 amide bonds. The van der Waals surface area contributed by atoms with Gasteiger partial charge in [-0.1, -0.05) is 0 Å². The third-order valence-electron chi connectivity index (χ3n) is 6.24. The van der Waals surface area contributed by atoms with E-state index in [2.05, 4.69) is 15.1 Å². The third kappa shape index (κ3) is 4.92. The van der Waals surface area contributed by atoms with Crippen LogP contribution < -0.4 is 10.2 Å².